The molecule has 1 heterocycles. The molecule has 0 spiro atoms. The van der Waals surface area contributed by atoms with E-state index in [-0.39, 0.29) is 11.3 Å². The van der Waals surface area contributed by atoms with Crippen LogP contribution in [0.15, 0.2) is 103 Å². The van der Waals surface area contributed by atoms with Crippen molar-refractivity contribution in [3.05, 3.63) is 114 Å². The van der Waals surface area contributed by atoms with E-state index in [9.17, 15) is 14.7 Å². The van der Waals surface area contributed by atoms with Crippen molar-refractivity contribution in [1.29, 1.82) is 0 Å². The number of para-hydroxylation sites is 1. The third kappa shape index (κ3) is 3.71. The minimum atomic E-state index is -0.797. The Kier molecular flexibility index (Phi) is 5.60. The molecule has 5 rings (SSSR count). The lowest BCUT2D eigenvalue weighted by Gasteiger charge is -2.25. The number of carbonyl (C=O) groups excluding carboxylic acids is 2. The number of rotatable bonds is 5. The van der Waals surface area contributed by atoms with Crippen LogP contribution in [0.1, 0.15) is 24.1 Å². The van der Waals surface area contributed by atoms with Gasteiger partial charge in [0.15, 0.2) is 0 Å². The Morgan fingerprint density at radius 2 is 1.59 bits per heavy atom. The largest absolute Gasteiger partial charge is 0.507 e. The van der Waals surface area contributed by atoms with Crippen LogP contribution in [-0.2, 0) is 9.59 Å². The Morgan fingerprint density at radius 3 is 2.35 bits per heavy atom. The summed E-state index contributed by atoms with van der Waals surface area (Å²) in [6.45, 7) is 2.38. The predicted octanol–water partition coefficient (Wildman–Crippen LogP) is 5.86. The second kappa shape index (κ2) is 8.87. The first-order valence-electron chi connectivity index (χ1n) is 11.2. The number of aliphatic hydroxyl groups excluding tert-OH is 1. The van der Waals surface area contributed by atoms with Crippen LogP contribution in [0, 0.1) is 0 Å². The van der Waals surface area contributed by atoms with E-state index in [1.807, 2.05) is 85.8 Å². The summed E-state index contributed by atoms with van der Waals surface area (Å²) < 4.78 is 5.66. The van der Waals surface area contributed by atoms with Gasteiger partial charge in [0.25, 0.3) is 11.7 Å². The maximum atomic E-state index is 13.3. The normalized spacial score (nSPS) is 17.3. The molecular formula is C29H23NO4. The van der Waals surface area contributed by atoms with Crippen LogP contribution in [0.4, 0.5) is 5.69 Å². The Bertz CT molecular complexity index is 1420. The molecule has 0 bridgehead atoms. The predicted molar refractivity (Wildman–Crippen MR) is 133 cm³/mol. The number of hydrogen-bond acceptors (Lipinski definition) is 4. The van der Waals surface area contributed by atoms with E-state index < -0.39 is 17.7 Å². The maximum Gasteiger partial charge on any atom is 0.300 e. The zero-order valence-corrected chi connectivity index (χ0v) is 18.6. The number of benzene rings is 4. The molecule has 4 aromatic carbocycles. The molecule has 1 atom stereocenters. The Balaban J connectivity index is 1.72. The molecule has 1 aliphatic heterocycles. The number of ketones is 1. The van der Waals surface area contributed by atoms with Crippen LogP contribution >= 0.6 is 0 Å². The summed E-state index contributed by atoms with van der Waals surface area (Å²) in [7, 11) is 0. The highest BCUT2D eigenvalue weighted by Crippen LogP contribution is 2.43. The van der Waals surface area contributed by atoms with Gasteiger partial charge in [-0.3, -0.25) is 14.5 Å². The van der Waals surface area contributed by atoms with Crippen LogP contribution in [-0.4, -0.2) is 23.4 Å². The number of carbonyl (C=O) groups is 2. The first kappa shape index (κ1) is 21.5. The summed E-state index contributed by atoms with van der Waals surface area (Å²) in [5.74, 6) is -0.972. The highest BCUT2D eigenvalue weighted by molar-refractivity contribution is 6.51. The van der Waals surface area contributed by atoms with Crippen LogP contribution in [0.25, 0.3) is 16.5 Å². The molecule has 0 radical (unpaired) electrons. The Labute approximate surface area is 197 Å². The van der Waals surface area contributed by atoms with E-state index in [1.54, 1.807) is 18.2 Å². The van der Waals surface area contributed by atoms with Gasteiger partial charge in [0.2, 0.25) is 0 Å². The molecule has 4 aromatic rings. The first-order valence-corrected chi connectivity index (χ1v) is 11.2. The molecule has 0 aromatic heterocycles. The number of nitrogens with zero attached hydrogens (tertiary/aromatic N) is 1. The van der Waals surface area contributed by atoms with Gasteiger partial charge >= 0.3 is 0 Å². The van der Waals surface area contributed by atoms with E-state index in [0.717, 1.165) is 10.8 Å². The zero-order valence-electron chi connectivity index (χ0n) is 18.6. The van der Waals surface area contributed by atoms with Gasteiger partial charge in [-0.25, -0.2) is 0 Å². The number of aliphatic hydroxyl groups is 1. The molecule has 1 aliphatic rings. The van der Waals surface area contributed by atoms with Crippen LogP contribution in [0.2, 0.25) is 0 Å². The van der Waals surface area contributed by atoms with E-state index in [2.05, 4.69) is 0 Å². The van der Waals surface area contributed by atoms with E-state index in [0.29, 0.717) is 29.2 Å². The summed E-state index contributed by atoms with van der Waals surface area (Å²) in [4.78, 5) is 28.0. The van der Waals surface area contributed by atoms with E-state index >= 15 is 0 Å². The number of hydrogen-bond donors (Lipinski definition) is 1. The summed E-state index contributed by atoms with van der Waals surface area (Å²) in [6.07, 6.45) is 0. The molecule has 1 fully saturated rings. The maximum absolute atomic E-state index is 13.3. The summed E-state index contributed by atoms with van der Waals surface area (Å²) in [5, 5.41) is 13.3. The highest BCUT2D eigenvalue weighted by atomic mass is 16.5. The Morgan fingerprint density at radius 1 is 0.853 bits per heavy atom. The fourth-order valence-corrected chi connectivity index (χ4v) is 4.44. The second-order valence-electron chi connectivity index (χ2n) is 8.07. The number of fused-ring (bicyclic) bond motifs is 1. The van der Waals surface area contributed by atoms with Gasteiger partial charge in [0, 0.05) is 11.3 Å². The molecule has 168 valence electrons. The molecule has 1 amide bonds. The second-order valence-corrected chi connectivity index (χ2v) is 8.07. The van der Waals surface area contributed by atoms with Crippen molar-refractivity contribution in [3.8, 4) is 5.75 Å². The lowest BCUT2D eigenvalue weighted by molar-refractivity contribution is -0.132. The number of ether oxygens (including phenoxy) is 1. The SMILES string of the molecule is CCOc1cccc(C2/C(=C(/O)c3ccc4ccccc4c3)C(=O)C(=O)N2c2ccccc2)c1. The van der Waals surface area contributed by atoms with Crippen LogP contribution in [0.3, 0.4) is 0 Å². The van der Waals surface area contributed by atoms with E-state index in [4.69, 9.17) is 4.74 Å². The minimum absolute atomic E-state index is 0.0535. The van der Waals surface area contributed by atoms with Gasteiger partial charge in [-0.15, -0.1) is 0 Å². The van der Waals surface area contributed by atoms with Crippen molar-refractivity contribution in [2.24, 2.45) is 0 Å². The average molecular weight is 450 g/mol. The first-order chi connectivity index (χ1) is 16.6. The minimum Gasteiger partial charge on any atom is -0.507 e. The van der Waals surface area contributed by atoms with Gasteiger partial charge in [-0.05, 0) is 53.6 Å². The number of Topliss-reactive ketones (excluding diaryl/α,β-unsaturated/α-hetero) is 1. The molecule has 1 N–H and O–H groups in total. The van der Waals surface area contributed by atoms with Gasteiger partial charge in [0.05, 0.1) is 18.2 Å². The quantitative estimate of drug-likeness (QED) is 0.235. The molecule has 0 saturated carbocycles. The van der Waals surface area contributed by atoms with Crippen molar-refractivity contribution >= 4 is 33.9 Å². The average Bonchev–Trinajstić information content (AvgIpc) is 3.14. The lowest BCUT2D eigenvalue weighted by Crippen LogP contribution is -2.29. The molecule has 1 unspecified atom stereocenters. The van der Waals surface area contributed by atoms with Crippen molar-refractivity contribution in [1.82, 2.24) is 0 Å². The van der Waals surface area contributed by atoms with E-state index in [1.165, 1.54) is 4.90 Å². The standard InChI is InChI=1S/C29H23NO4/c1-2-34-24-14-8-11-21(18-24)26-25(28(32)29(33)30(26)23-12-4-3-5-13-23)27(31)22-16-15-19-9-6-7-10-20(19)17-22/h3-18,26,31H,2H2,1H3/b27-25-. The molecular weight excluding hydrogens is 426 g/mol. The summed E-state index contributed by atoms with van der Waals surface area (Å²) >= 11 is 0. The van der Waals surface area contributed by atoms with Gasteiger partial charge in [-0.2, -0.15) is 0 Å². The molecule has 5 nitrogen and oxygen atoms in total. The zero-order chi connectivity index (χ0) is 23.7. The van der Waals surface area contributed by atoms with Gasteiger partial charge < -0.3 is 9.84 Å². The summed E-state index contributed by atoms with van der Waals surface area (Å²) in [5.41, 5.74) is 1.79. The van der Waals surface area contributed by atoms with Crippen LogP contribution in [0.5, 0.6) is 5.75 Å². The fourth-order valence-electron chi connectivity index (χ4n) is 4.44. The topological polar surface area (TPSA) is 66.8 Å². The lowest BCUT2D eigenvalue weighted by atomic mass is 9.94. The Hall–Kier alpha value is -4.38. The summed E-state index contributed by atoms with van der Waals surface area (Å²) in [6, 6.07) is 28.8. The monoisotopic (exact) mass is 449 g/mol. The van der Waals surface area contributed by atoms with Gasteiger partial charge in [0.1, 0.15) is 11.5 Å². The molecule has 0 aliphatic carbocycles. The van der Waals surface area contributed by atoms with Crippen molar-refractivity contribution in [2.45, 2.75) is 13.0 Å². The van der Waals surface area contributed by atoms with Crippen molar-refractivity contribution < 1.29 is 19.4 Å². The number of amides is 1. The van der Waals surface area contributed by atoms with Crippen LogP contribution < -0.4 is 9.64 Å². The molecule has 5 heteroatoms. The fraction of sp³-hybridized carbons (Fsp3) is 0.103. The third-order valence-electron chi connectivity index (χ3n) is 5.99. The van der Waals surface area contributed by atoms with Gasteiger partial charge in [-0.1, -0.05) is 66.7 Å². The highest BCUT2D eigenvalue weighted by Gasteiger charge is 2.47. The number of anilines is 1. The van der Waals surface area contributed by atoms with Crippen molar-refractivity contribution in [3.63, 3.8) is 0 Å². The third-order valence-corrected chi connectivity index (χ3v) is 5.99. The molecule has 1 saturated heterocycles. The molecule has 34 heavy (non-hydrogen) atoms. The smallest absolute Gasteiger partial charge is 0.300 e. The van der Waals surface area contributed by atoms with Crippen molar-refractivity contribution in [2.75, 3.05) is 11.5 Å².